The van der Waals surface area contributed by atoms with Gasteiger partial charge >= 0.3 is 7.12 Å². The summed E-state index contributed by atoms with van der Waals surface area (Å²) in [6, 6.07) is 1.67. The second-order valence-corrected chi connectivity index (χ2v) is 5.39. The summed E-state index contributed by atoms with van der Waals surface area (Å²) >= 11 is 0. The van der Waals surface area contributed by atoms with Crippen LogP contribution in [0.4, 0.5) is 5.69 Å². The van der Waals surface area contributed by atoms with E-state index in [0.717, 1.165) is 0 Å². The van der Waals surface area contributed by atoms with E-state index < -0.39 is 18.3 Å². The molecule has 1 aliphatic heterocycles. The molecule has 0 saturated carbocycles. The summed E-state index contributed by atoms with van der Waals surface area (Å²) < 4.78 is 11.8. The van der Waals surface area contributed by atoms with E-state index in [1.54, 1.807) is 12.3 Å². The maximum atomic E-state index is 5.91. The van der Waals surface area contributed by atoms with Gasteiger partial charge in [0.25, 0.3) is 0 Å². The van der Waals surface area contributed by atoms with Crippen molar-refractivity contribution >= 4 is 18.4 Å². The van der Waals surface area contributed by atoms with Gasteiger partial charge < -0.3 is 15.0 Å². The average molecular weight is 244 g/mol. The molecule has 2 rings (SSSR count). The molecule has 1 aliphatic rings. The molecule has 0 aliphatic carbocycles. The highest BCUT2D eigenvalue weighted by Gasteiger charge is 2.53. The van der Waals surface area contributed by atoms with Gasteiger partial charge in [0.05, 0.1) is 28.0 Å². The molecule has 0 unspecified atom stereocenters. The quantitative estimate of drug-likeness (QED) is 0.590. The monoisotopic (exact) mass is 244 g/mol. The van der Waals surface area contributed by atoms with E-state index in [-0.39, 0.29) is 0 Å². The predicted molar refractivity (Wildman–Crippen MR) is 72.3 cm³/mol. The van der Waals surface area contributed by atoms with Crippen LogP contribution in [0, 0.1) is 12.3 Å². The van der Waals surface area contributed by atoms with E-state index in [9.17, 15) is 0 Å². The molecule has 94 valence electrons. The summed E-state index contributed by atoms with van der Waals surface area (Å²) in [6.07, 6.45) is 7.08. The molecule has 5 heteroatoms. The Hall–Kier alpha value is -1.51. The molecule has 1 fully saturated rings. The van der Waals surface area contributed by atoms with Crippen molar-refractivity contribution < 1.29 is 9.31 Å². The van der Waals surface area contributed by atoms with Gasteiger partial charge in [0.2, 0.25) is 0 Å². The first-order valence-corrected chi connectivity index (χ1v) is 5.85. The summed E-state index contributed by atoms with van der Waals surface area (Å²) in [5.41, 5.74) is 6.61. The zero-order valence-electron chi connectivity index (χ0n) is 11.2. The van der Waals surface area contributed by atoms with Crippen LogP contribution in [-0.2, 0) is 9.31 Å². The van der Waals surface area contributed by atoms with Crippen molar-refractivity contribution in [2.45, 2.75) is 38.9 Å². The summed E-state index contributed by atoms with van der Waals surface area (Å²) in [4.78, 5) is 4.25. The number of nitrogen functional groups attached to an aromatic ring is 1. The fourth-order valence-electron chi connectivity index (χ4n) is 1.78. The molecule has 1 saturated heterocycles. The zero-order valence-corrected chi connectivity index (χ0v) is 11.2. The minimum atomic E-state index is -0.579. The molecule has 18 heavy (non-hydrogen) atoms. The van der Waals surface area contributed by atoms with Crippen LogP contribution < -0.4 is 11.3 Å². The Labute approximate surface area is 108 Å². The molecule has 0 aromatic carbocycles. The van der Waals surface area contributed by atoms with Crippen molar-refractivity contribution in [3.63, 3.8) is 0 Å². The number of hydrogen-bond acceptors (Lipinski definition) is 4. The van der Waals surface area contributed by atoms with Gasteiger partial charge in [-0.05, 0) is 33.8 Å². The van der Waals surface area contributed by atoms with Crippen LogP contribution in [0.25, 0.3) is 0 Å². The Bertz CT molecular complexity index is 504. The second kappa shape index (κ2) is 4.01. The number of nitrogens with zero attached hydrogens (tertiary/aromatic N) is 1. The smallest absolute Gasteiger partial charge is 0.398 e. The first-order chi connectivity index (χ1) is 8.28. The number of anilines is 1. The molecule has 0 atom stereocenters. The number of terminal acetylenes is 1. The van der Waals surface area contributed by atoms with Gasteiger partial charge in [0.1, 0.15) is 0 Å². The van der Waals surface area contributed by atoms with Crippen LogP contribution in [-0.4, -0.2) is 23.3 Å². The third-order valence-corrected chi connectivity index (χ3v) is 3.63. The van der Waals surface area contributed by atoms with Gasteiger partial charge in [-0.1, -0.05) is 5.92 Å². The lowest BCUT2D eigenvalue weighted by molar-refractivity contribution is 0.00578. The van der Waals surface area contributed by atoms with Crippen molar-refractivity contribution in [1.82, 2.24) is 4.98 Å². The Kier molecular flexibility index (Phi) is 2.88. The highest BCUT2D eigenvalue weighted by Crippen LogP contribution is 2.36. The normalized spacial score (nSPS) is 20.7. The largest absolute Gasteiger partial charge is 0.515 e. The lowest BCUT2D eigenvalue weighted by Gasteiger charge is -2.32. The van der Waals surface area contributed by atoms with Crippen LogP contribution >= 0.6 is 0 Å². The molecule has 0 bridgehead atoms. The van der Waals surface area contributed by atoms with Crippen molar-refractivity contribution in [3.05, 3.63) is 17.8 Å². The molecular weight excluding hydrogens is 227 g/mol. The second-order valence-electron chi connectivity index (χ2n) is 5.39. The topological polar surface area (TPSA) is 57.4 Å². The number of hydrogen-bond donors (Lipinski definition) is 1. The summed E-state index contributed by atoms with van der Waals surface area (Å²) in [6.45, 7) is 7.92. The number of rotatable bonds is 1. The highest BCUT2D eigenvalue weighted by atomic mass is 16.7. The van der Waals surface area contributed by atoms with Crippen molar-refractivity contribution in [3.8, 4) is 12.3 Å². The molecule has 0 radical (unpaired) electrons. The van der Waals surface area contributed by atoms with Gasteiger partial charge in [0.15, 0.2) is 0 Å². The van der Waals surface area contributed by atoms with Crippen molar-refractivity contribution in [2.24, 2.45) is 0 Å². The molecule has 0 spiro atoms. The van der Waals surface area contributed by atoms with E-state index in [4.69, 9.17) is 21.5 Å². The Morgan fingerprint density at radius 3 is 2.33 bits per heavy atom. The van der Waals surface area contributed by atoms with Crippen molar-refractivity contribution in [1.29, 1.82) is 0 Å². The molecular formula is C13H17BN2O2. The molecule has 0 amide bonds. The van der Waals surface area contributed by atoms with E-state index in [1.807, 2.05) is 27.7 Å². The third-order valence-electron chi connectivity index (χ3n) is 3.63. The van der Waals surface area contributed by atoms with E-state index >= 15 is 0 Å². The van der Waals surface area contributed by atoms with Gasteiger partial charge in [-0.3, -0.25) is 4.98 Å². The van der Waals surface area contributed by atoms with Crippen molar-refractivity contribution in [2.75, 3.05) is 5.73 Å². The summed E-state index contributed by atoms with van der Waals surface area (Å²) in [7, 11) is -0.579. The zero-order chi connectivity index (χ0) is 13.6. The molecule has 1 aromatic rings. The van der Waals surface area contributed by atoms with Gasteiger partial charge in [-0.2, -0.15) is 0 Å². The van der Waals surface area contributed by atoms with Gasteiger partial charge in [-0.15, -0.1) is 6.42 Å². The van der Waals surface area contributed by atoms with E-state index in [0.29, 0.717) is 16.8 Å². The standard InChI is InChI=1S/C13H17BN2O2/c1-6-9-10(15)7-8-16-11(9)14-17-12(2,3)13(4,5)18-14/h1,7-8H,2-5H3,(H2,15,16). The average Bonchev–Trinajstić information content (AvgIpc) is 2.47. The fraction of sp³-hybridized carbons (Fsp3) is 0.462. The van der Waals surface area contributed by atoms with E-state index in [1.165, 1.54) is 0 Å². The Balaban J connectivity index is 2.42. The van der Waals surface area contributed by atoms with Gasteiger partial charge in [0, 0.05) is 6.20 Å². The third kappa shape index (κ3) is 1.88. The SMILES string of the molecule is C#Cc1c(N)ccnc1B1OC(C)(C)C(C)(C)O1. The van der Waals surface area contributed by atoms with Crippen LogP contribution in [0.3, 0.4) is 0 Å². The lowest BCUT2D eigenvalue weighted by Crippen LogP contribution is -2.41. The summed E-state index contributed by atoms with van der Waals surface area (Å²) in [5.74, 6) is 2.55. The van der Waals surface area contributed by atoms with Crippen LogP contribution in [0.15, 0.2) is 12.3 Å². The minimum absolute atomic E-state index is 0.421. The minimum Gasteiger partial charge on any atom is -0.398 e. The van der Waals surface area contributed by atoms with Crippen LogP contribution in [0.5, 0.6) is 0 Å². The highest BCUT2D eigenvalue weighted by molar-refractivity contribution is 6.62. The predicted octanol–water partition coefficient (Wildman–Crippen LogP) is 0.944. The first kappa shape index (κ1) is 12.9. The number of aromatic nitrogens is 1. The Morgan fingerprint density at radius 2 is 1.83 bits per heavy atom. The number of nitrogens with two attached hydrogens (primary N) is 1. The van der Waals surface area contributed by atoms with Crippen LogP contribution in [0.1, 0.15) is 33.3 Å². The maximum absolute atomic E-state index is 5.91. The lowest BCUT2D eigenvalue weighted by atomic mass is 9.80. The fourth-order valence-corrected chi connectivity index (χ4v) is 1.78. The van der Waals surface area contributed by atoms with E-state index in [2.05, 4.69) is 10.9 Å². The van der Waals surface area contributed by atoms with Gasteiger partial charge in [-0.25, -0.2) is 0 Å². The Morgan fingerprint density at radius 1 is 1.28 bits per heavy atom. The summed E-state index contributed by atoms with van der Waals surface area (Å²) in [5, 5.41) is 0. The first-order valence-electron chi connectivity index (χ1n) is 5.85. The van der Waals surface area contributed by atoms with Crippen LogP contribution in [0.2, 0.25) is 0 Å². The number of pyridine rings is 1. The molecule has 2 heterocycles. The molecule has 1 aromatic heterocycles. The molecule has 2 N–H and O–H groups in total. The maximum Gasteiger partial charge on any atom is 0.515 e. The molecule has 4 nitrogen and oxygen atoms in total.